The molecule has 0 heterocycles. The summed E-state index contributed by atoms with van der Waals surface area (Å²) in [4.78, 5) is 0. The molecule has 0 radical (unpaired) electrons. The molecule has 2 unspecified atom stereocenters. The molecule has 0 aliphatic carbocycles. The molecule has 2 aromatic rings. The monoisotopic (exact) mass is 522 g/mol. The Bertz CT molecular complexity index is 708. The van der Waals surface area contributed by atoms with Crippen molar-refractivity contribution in [3.05, 3.63) is 95.0 Å². The van der Waals surface area contributed by atoms with Crippen molar-refractivity contribution in [2.45, 2.75) is 81.1 Å². The molecule has 0 bridgehead atoms. The van der Waals surface area contributed by atoms with Crippen LogP contribution in [0.25, 0.3) is 0 Å². The van der Waals surface area contributed by atoms with E-state index < -0.39 is 0 Å². The summed E-state index contributed by atoms with van der Waals surface area (Å²) in [6.07, 6.45) is 6.51. The van der Waals surface area contributed by atoms with Crippen LogP contribution >= 0.6 is 23.2 Å². The lowest BCUT2D eigenvalue weighted by atomic mass is 9.91. The lowest BCUT2D eigenvalue weighted by Crippen LogP contribution is -2.07. The highest BCUT2D eigenvalue weighted by Gasteiger charge is 2.07. The molecule has 1 N–H and O–H groups in total. The lowest BCUT2D eigenvalue weighted by molar-refractivity contribution is 0.203. The number of rotatable bonds is 9. The third-order valence-electron chi connectivity index (χ3n) is 5.24. The molecular weight excluding hydrogens is 471 g/mol. The maximum atomic E-state index is 8.51. The van der Waals surface area contributed by atoms with Crippen LogP contribution in [0, 0.1) is 17.8 Å². The van der Waals surface area contributed by atoms with E-state index in [0.717, 1.165) is 22.9 Å². The maximum absolute atomic E-state index is 8.51. The van der Waals surface area contributed by atoms with Gasteiger partial charge in [0.05, 0.1) is 0 Å². The van der Waals surface area contributed by atoms with Gasteiger partial charge in [0.1, 0.15) is 0 Å². The van der Waals surface area contributed by atoms with E-state index in [-0.39, 0.29) is 0 Å². The summed E-state index contributed by atoms with van der Waals surface area (Å²) in [5.74, 6) is 1.66. The van der Waals surface area contributed by atoms with Gasteiger partial charge in [-0.2, -0.15) is 0 Å². The molecule has 35 heavy (non-hydrogen) atoms. The summed E-state index contributed by atoms with van der Waals surface area (Å²) >= 11 is 11.4. The van der Waals surface area contributed by atoms with Gasteiger partial charge >= 0.3 is 0 Å². The summed E-state index contributed by atoms with van der Waals surface area (Å²) in [5.41, 5.74) is 2.62. The minimum absolute atomic E-state index is 0.317. The largest absolute Gasteiger partial charge is 0.396 e. The first-order chi connectivity index (χ1) is 16.7. The standard InChI is InChI=1S/C16H21Cl.C6H5Cl.C6H14O.2C2H6/c1-4-6-15(13(2)3)8-5-7-14-9-11-16(17)12-10-14;7-6-4-2-1-3-5-6;1-5(2)6(3)4-7;2*1-2/h4,9-12,15H,1-2,5-8H2,3H3;1-5H;5-7H,4H2,1-3H3;2*1-2H3. The summed E-state index contributed by atoms with van der Waals surface area (Å²) in [7, 11) is 0. The van der Waals surface area contributed by atoms with E-state index in [2.05, 4.69) is 46.1 Å². The van der Waals surface area contributed by atoms with Crippen molar-refractivity contribution < 1.29 is 5.11 Å². The Morgan fingerprint density at radius 2 is 1.37 bits per heavy atom. The van der Waals surface area contributed by atoms with Crippen LogP contribution in [-0.4, -0.2) is 11.7 Å². The number of halogens is 2. The SMILES string of the molecule is C=CCC(CCCc1ccc(Cl)cc1)C(=C)C.CC.CC.CC(C)C(C)CO.Clc1ccccc1. The maximum Gasteiger partial charge on any atom is 0.0459 e. The lowest BCUT2D eigenvalue weighted by Gasteiger charge is -2.14. The number of allylic oxidation sites excluding steroid dienone is 2. The van der Waals surface area contributed by atoms with Crippen LogP contribution in [0.4, 0.5) is 0 Å². The minimum Gasteiger partial charge on any atom is -0.396 e. The molecule has 0 aliphatic rings. The van der Waals surface area contributed by atoms with Gasteiger partial charge < -0.3 is 5.11 Å². The van der Waals surface area contributed by atoms with Crippen LogP contribution in [0.1, 0.15) is 80.2 Å². The molecule has 0 aromatic heterocycles. The molecule has 2 atom stereocenters. The molecular formula is C32H52Cl2O. The highest BCUT2D eigenvalue weighted by atomic mass is 35.5. The summed E-state index contributed by atoms with van der Waals surface area (Å²) < 4.78 is 0. The fraction of sp³-hybridized carbons (Fsp3) is 0.500. The molecule has 0 fully saturated rings. The van der Waals surface area contributed by atoms with Crippen LogP contribution < -0.4 is 0 Å². The van der Waals surface area contributed by atoms with Gasteiger partial charge in [-0.25, -0.2) is 0 Å². The molecule has 0 aliphatic heterocycles. The van der Waals surface area contributed by atoms with E-state index in [9.17, 15) is 0 Å². The quantitative estimate of drug-likeness (QED) is 0.324. The Morgan fingerprint density at radius 1 is 0.886 bits per heavy atom. The molecule has 0 amide bonds. The van der Waals surface area contributed by atoms with Crippen LogP contribution in [-0.2, 0) is 6.42 Å². The number of benzene rings is 2. The molecule has 0 saturated carbocycles. The van der Waals surface area contributed by atoms with Gasteiger partial charge in [-0.3, -0.25) is 0 Å². The normalized spacial score (nSPS) is 11.0. The van der Waals surface area contributed by atoms with Gasteiger partial charge in [-0.05, 0) is 80.2 Å². The number of aliphatic hydroxyl groups excluding tert-OH is 1. The topological polar surface area (TPSA) is 20.2 Å². The first-order valence-electron chi connectivity index (χ1n) is 13.0. The van der Waals surface area contributed by atoms with E-state index in [0.29, 0.717) is 24.4 Å². The highest BCUT2D eigenvalue weighted by Crippen LogP contribution is 2.21. The molecule has 2 aromatic carbocycles. The zero-order valence-corrected chi connectivity index (χ0v) is 25.2. The smallest absolute Gasteiger partial charge is 0.0459 e. The second-order valence-electron chi connectivity index (χ2n) is 8.29. The Kier molecular flexibility index (Phi) is 29.4. The number of aliphatic hydroxyl groups is 1. The van der Waals surface area contributed by atoms with E-state index in [1.807, 2.05) is 83.2 Å². The molecule has 3 heteroatoms. The second-order valence-corrected chi connectivity index (χ2v) is 9.16. The Morgan fingerprint density at radius 3 is 1.69 bits per heavy atom. The number of hydrogen-bond acceptors (Lipinski definition) is 1. The summed E-state index contributed by atoms with van der Waals surface area (Å²) in [6, 6.07) is 17.6. The van der Waals surface area contributed by atoms with Gasteiger partial charge in [0.15, 0.2) is 0 Å². The van der Waals surface area contributed by atoms with Crippen molar-refractivity contribution in [2.75, 3.05) is 6.61 Å². The van der Waals surface area contributed by atoms with Crippen LogP contribution in [0.2, 0.25) is 10.0 Å². The Balaban J connectivity index is -0.000000470. The van der Waals surface area contributed by atoms with Crippen molar-refractivity contribution in [1.29, 1.82) is 0 Å². The molecule has 200 valence electrons. The van der Waals surface area contributed by atoms with Crippen LogP contribution in [0.5, 0.6) is 0 Å². The minimum atomic E-state index is 0.317. The summed E-state index contributed by atoms with van der Waals surface area (Å²) in [5, 5.41) is 10.1. The average molecular weight is 524 g/mol. The fourth-order valence-electron chi connectivity index (χ4n) is 2.60. The summed E-state index contributed by atoms with van der Waals surface area (Å²) in [6.45, 7) is 24.5. The van der Waals surface area contributed by atoms with Crippen molar-refractivity contribution in [3.8, 4) is 0 Å². The Labute approximate surface area is 228 Å². The van der Waals surface area contributed by atoms with Gasteiger partial charge in [0, 0.05) is 16.7 Å². The first-order valence-corrected chi connectivity index (χ1v) is 13.8. The first kappa shape index (κ1) is 38.0. The van der Waals surface area contributed by atoms with Gasteiger partial charge in [0.2, 0.25) is 0 Å². The third kappa shape index (κ3) is 24.0. The third-order valence-corrected chi connectivity index (χ3v) is 5.74. The number of aryl methyl sites for hydroxylation is 1. The molecule has 0 spiro atoms. The van der Waals surface area contributed by atoms with E-state index in [1.165, 1.54) is 24.0 Å². The second kappa shape index (κ2) is 27.1. The zero-order valence-electron chi connectivity index (χ0n) is 23.7. The fourth-order valence-corrected chi connectivity index (χ4v) is 2.87. The highest BCUT2D eigenvalue weighted by molar-refractivity contribution is 6.30. The predicted molar refractivity (Wildman–Crippen MR) is 163 cm³/mol. The predicted octanol–water partition coefficient (Wildman–Crippen LogP) is 11.1. The van der Waals surface area contributed by atoms with E-state index in [4.69, 9.17) is 28.3 Å². The van der Waals surface area contributed by atoms with E-state index >= 15 is 0 Å². The van der Waals surface area contributed by atoms with Crippen LogP contribution in [0.15, 0.2) is 79.4 Å². The molecule has 2 rings (SSSR count). The Hall–Kier alpha value is -1.54. The van der Waals surface area contributed by atoms with Gasteiger partial charge in [0.25, 0.3) is 0 Å². The molecule has 0 saturated heterocycles. The van der Waals surface area contributed by atoms with Crippen molar-refractivity contribution in [1.82, 2.24) is 0 Å². The molecule has 1 nitrogen and oxygen atoms in total. The van der Waals surface area contributed by atoms with Gasteiger partial charge in [-0.15, -0.1) is 6.58 Å². The van der Waals surface area contributed by atoms with Crippen molar-refractivity contribution >= 4 is 23.2 Å². The number of hydrogen-bond donors (Lipinski definition) is 1. The van der Waals surface area contributed by atoms with Crippen molar-refractivity contribution in [3.63, 3.8) is 0 Å². The average Bonchev–Trinajstić information content (AvgIpc) is 2.87. The zero-order chi connectivity index (χ0) is 27.6. The van der Waals surface area contributed by atoms with Crippen molar-refractivity contribution in [2.24, 2.45) is 17.8 Å². The van der Waals surface area contributed by atoms with Crippen LogP contribution in [0.3, 0.4) is 0 Å². The van der Waals surface area contributed by atoms with E-state index in [1.54, 1.807) is 0 Å². The van der Waals surface area contributed by atoms with Gasteiger partial charge in [-0.1, -0.05) is 120 Å².